The van der Waals surface area contributed by atoms with Crippen molar-refractivity contribution < 1.29 is 4.79 Å². The number of amides is 1. The molecule has 1 heterocycles. The molecule has 112 valence electrons. The molecule has 0 aliphatic heterocycles. The monoisotopic (exact) mass is 313 g/mol. The fourth-order valence-corrected chi connectivity index (χ4v) is 2.24. The largest absolute Gasteiger partial charge is 0.338 e. The lowest BCUT2D eigenvalue weighted by molar-refractivity contribution is -0.118. The van der Waals surface area contributed by atoms with E-state index in [1.807, 2.05) is 56.3 Å². The quantitative estimate of drug-likeness (QED) is 0.749. The van der Waals surface area contributed by atoms with Gasteiger partial charge in [0.05, 0.1) is 11.0 Å². The van der Waals surface area contributed by atoms with Crippen molar-refractivity contribution in [3.8, 4) is 11.4 Å². The van der Waals surface area contributed by atoms with Crippen LogP contribution in [0.1, 0.15) is 13.8 Å². The average molecular weight is 314 g/mol. The van der Waals surface area contributed by atoms with E-state index >= 15 is 0 Å². The molecule has 2 N–H and O–H groups in total. The molecule has 1 amide bonds. The Kier molecular flexibility index (Phi) is 3.86. The molecular formula is C17H16ClN3O. The average Bonchev–Trinajstić information content (AvgIpc) is 2.91. The number of benzene rings is 2. The third-order valence-electron chi connectivity index (χ3n) is 3.39. The molecule has 0 aliphatic rings. The van der Waals surface area contributed by atoms with Crippen LogP contribution in [-0.4, -0.2) is 15.9 Å². The molecule has 0 bridgehead atoms. The van der Waals surface area contributed by atoms with Gasteiger partial charge in [0.25, 0.3) is 0 Å². The number of aromatic nitrogens is 2. The number of halogens is 1. The lowest BCUT2D eigenvalue weighted by Gasteiger charge is -2.07. The number of H-pyrrole nitrogens is 1. The number of nitrogens with zero attached hydrogens (tertiary/aromatic N) is 1. The van der Waals surface area contributed by atoms with Gasteiger partial charge in [0.1, 0.15) is 5.82 Å². The summed E-state index contributed by atoms with van der Waals surface area (Å²) in [5.41, 5.74) is 3.46. The molecule has 0 fully saturated rings. The summed E-state index contributed by atoms with van der Waals surface area (Å²) in [6.45, 7) is 3.73. The molecule has 22 heavy (non-hydrogen) atoms. The summed E-state index contributed by atoms with van der Waals surface area (Å²) in [6, 6.07) is 13.1. The van der Waals surface area contributed by atoms with Crippen molar-refractivity contribution in [3.05, 3.63) is 47.5 Å². The third-order valence-corrected chi connectivity index (χ3v) is 3.64. The summed E-state index contributed by atoms with van der Waals surface area (Å²) in [4.78, 5) is 19.6. The van der Waals surface area contributed by atoms with Gasteiger partial charge in [0.2, 0.25) is 5.91 Å². The van der Waals surface area contributed by atoms with Gasteiger partial charge in [-0.05, 0) is 42.5 Å². The fourth-order valence-electron chi connectivity index (χ4n) is 2.12. The summed E-state index contributed by atoms with van der Waals surface area (Å²) < 4.78 is 0. The highest BCUT2D eigenvalue weighted by Gasteiger charge is 2.09. The van der Waals surface area contributed by atoms with Crippen LogP contribution in [0, 0.1) is 5.92 Å². The molecule has 3 aromatic rings. The molecule has 0 aliphatic carbocycles. The SMILES string of the molecule is CC(C)C(=O)Nc1ccc2nc(-c3ccc(Cl)cc3)[nH]c2c1. The minimum absolute atomic E-state index is 0.00297. The van der Waals surface area contributed by atoms with Crippen LogP contribution in [0.2, 0.25) is 5.02 Å². The number of rotatable bonds is 3. The van der Waals surface area contributed by atoms with Crippen LogP contribution in [0.3, 0.4) is 0 Å². The second-order valence-electron chi connectivity index (χ2n) is 5.47. The van der Waals surface area contributed by atoms with E-state index in [9.17, 15) is 4.79 Å². The van der Waals surface area contributed by atoms with Crippen LogP contribution in [0.25, 0.3) is 22.4 Å². The Morgan fingerprint density at radius 2 is 1.91 bits per heavy atom. The second kappa shape index (κ2) is 5.81. The predicted octanol–water partition coefficient (Wildman–Crippen LogP) is 4.48. The highest BCUT2D eigenvalue weighted by molar-refractivity contribution is 6.30. The highest BCUT2D eigenvalue weighted by Crippen LogP contribution is 2.24. The van der Waals surface area contributed by atoms with Gasteiger partial charge in [0, 0.05) is 22.2 Å². The van der Waals surface area contributed by atoms with Gasteiger partial charge >= 0.3 is 0 Å². The first kappa shape index (κ1) is 14.6. The van der Waals surface area contributed by atoms with E-state index in [-0.39, 0.29) is 11.8 Å². The van der Waals surface area contributed by atoms with Gasteiger partial charge in [-0.1, -0.05) is 25.4 Å². The molecule has 0 saturated carbocycles. The van der Waals surface area contributed by atoms with Crippen molar-refractivity contribution in [1.29, 1.82) is 0 Å². The van der Waals surface area contributed by atoms with Crippen molar-refractivity contribution in [2.45, 2.75) is 13.8 Å². The number of hydrogen-bond donors (Lipinski definition) is 2. The second-order valence-corrected chi connectivity index (χ2v) is 5.90. The molecule has 0 radical (unpaired) electrons. The summed E-state index contributed by atoms with van der Waals surface area (Å²) in [7, 11) is 0. The van der Waals surface area contributed by atoms with Gasteiger partial charge in [0.15, 0.2) is 0 Å². The van der Waals surface area contributed by atoms with Crippen LogP contribution in [-0.2, 0) is 4.79 Å². The van der Waals surface area contributed by atoms with E-state index in [0.29, 0.717) is 5.02 Å². The van der Waals surface area contributed by atoms with Crippen LogP contribution < -0.4 is 5.32 Å². The predicted molar refractivity (Wildman–Crippen MR) is 90.0 cm³/mol. The third kappa shape index (κ3) is 2.97. The van der Waals surface area contributed by atoms with Crippen molar-refractivity contribution in [1.82, 2.24) is 9.97 Å². The molecule has 3 rings (SSSR count). The Labute approximate surface area is 133 Å². The van der Waals surface area contributed by atoms with E-state index in [4.69, 9.17) is 11.6 Å². The molecular weight excluding hydrogens is 298 g/mol. The highest BCUT2D eigenvalue weighted by atomic mass is 35.5. The Morgan fingerprint density at radius 1 is 1.18 bits per heavy atom. The minimum Gasteiger partial charge on any atom is -0.338 e. The number of fused-ring (bicyclic) bond motifs is 1. The zero-order valence-corrected chi connectivity index (χ0v) is 13.1. The van der Waals surface area contributed by atoms with Gasteiger partial charge in [-0.15, -0.1) is 0 Å². The van der Waals surface area contributed by atoms with Gasteiger partial charge in [-0.25, -0.2) is 4.98 Å². The zero-order chi connectivity index (χ0) is 15.7. The Bertz CT molecular complexity index is 822. The fraction of sp³-hybridized carbons (Fsp3) is 0.176. The molecule has 0 saturated heterocycles. The molecule has 0 atom stereocenters. The Hall–Kier alpha value is -2.33. The summed E-state index contributed by atoms with van der Waals surface area (Å²) in [5, 5.41) is 3.58. The topological polar surface area (TPSA) is 57.8 Å². The molecule has 4 nitrogen and oxygen atoms in total. The van der Waals surface area contributed by atoms with Crippen molar-refractivity contribution in [3.63, 3.8) is 0 Å². The van der Waals surface area contributed by atoms with Crippen molar-refractivity contribution >= 4 is 34.2 Å². The van der Waals surface area contributed by atoms with E-state index in [1.54, 1.807) is 0 Å². The molecule has 0 unspecified atom stereocenters. The zero-order valence-electron chi connectivity index (χ0n) is 12.4. The summed E-state index contributed by atoms with van der Waals surface area (Å²) >= 11 is 5.90. The number of carbonyl (C=O) groups excluding carboxylic acids is 1. The van der Waals surface area contributed by atoms with E-state index in [1.165, 1.54) is 0 Å². The van der Waals surface area contributed by atoms with Gasteiger partial charge in [-0.2, -0.15) is 0 Å². The molecule has 2 aromatic carbocycles. The van der Waals surface area contributed by atoms with Crippen molar-refractivity contribution in [2.24, 2.45) is 5.92 Å². The maximum atomic E-state index is 11.8. The maximum absolute atomic E-state index is 11.8. The van der Waals surface area contributed by atoms with E-state index < -0.39 is 0 Å². The summed E-state index contributed by atoms with van der Waals surface area (Å²) in [6.07, 6.45) is 0. The standard InChI is InChI=1S/C17H16ClN3O/c1-10(2)17(22)19-13-7-8-14-15(9-13)21-16(20-14)11-3-5-12(18)6-4-11/h3-10H,1-2H3,(H,19,22)(H,20,21). The van der Waals surface area contributed by atoms with Crippen LogP contribution in [0.5, 0.6) is 0 Å². The maximum Gasteiger partial charge on any atom is 0.226 e. The van der Waals surface area contributed by atoms with Crippen LogP contribution in [0.4, 0.5) is 5.69 Å². The van der Waals surface area contributed by atoms with E-state index in [0.717, 1.165) is 28.1 Å². The number of imidazole rings is 1. The first-order chi connectivity index (χ1) is 10.5. The minimum atomic E-state index is -0.0536. The number of nitrogens with one attached hydrogen (secondary N) is 2. The Balaban J connectivity index is 1.93. The first-order valence-electron chi connectivity index (χ1n) is 7.09. The Morgan fingerprint density at radius 3 is 2.59 bits per heavy atom. The lowest BCUT2D eigenvalue weighted by atomic mass is 10.2. The number of aromatic amines is 1. The lowest BCUT2D eigenvalue weighted by Crippen LogP contribution is -2.17. The van der Waals surface area contributed by atoms with Gasteiger partial charge < -0.3 is 10.3 Å². The molecule has 5 heteroatoms. The van der Waals surface area contributed by atoms with E-state index in [2.05, 4.69) is 15.3 Å². The number of carbonyl (C=O) groups is 1. The molecule has 0 spiro atoms. The van der Waals surface area contributed by atoms with Crippen molar-refractivity contribution in [2.75, 3.05) is 5.32 Å². The number of hydrogen-bond acceptors (Lipinski definition) is 2. The molecule has 1 aromatic heterocycles. The van der Waals surface area contributed by atoms with Crippen LogP contribution in [0.15, 0.2) is 42.5 Å². The normalized spacial score (nSPS) is 11.1. The smallest absolute Gasteiger partial charge is 0.226 e. The van der Waals surface area contributed by atoms with Crippen LogP contribution >= 0.6 is 11.6 Å². The van der Waals surface area contributed by atoms with Gasteiger partial charge in [-0.3, -0.25) is 4.79 Å². The summed E-state index contributed by atoms with van der Waals surface area (Å²) in [5.74, 6) is 0.720. The first-order valence-corrected chi connectivity index (χ1v) is 7.47. The number of anilines is 1.